The Balaban J connectivity index is 1.89. The topological polar surface area (TPSA) is 49.4 Å². The van der Waals surface area contributed by atoms with E-state index in [1.165, 1.54) is 0 Å². The van der Waals surface area contributed by atoms with Gasteiger partial charge < -0.3 is 10.2 Å². The zero-order chi connectivity index (χ0) is 23.6. The number of carbonyl (C=O) groups excluding carboxylic acids is 2. The van der Waals surface area contributed by atoms with Gasteiger partial charge in [0.2, 0.25) is 11.8 Å². The molecular formula is C29H34N2O2. The molecule has 4 nitrogen and oxygen atoms in total. The highest BCUT2D eigenvalue weighted by atomic mass is 16.2. The van der Waals surface area contributed by atoms with E-state index in [2.05, 4.69) is 29.6 Å². The van der Waals surface area contributed by atoms with E-state index in [1.807, 2.05) is 87.5 Å². The summed E-state index contributed by atoms with van der Waals surface area (Å²) in [5, 5.41) is 3.03. The van der Waals surface area contributed by atoms with E-state index in [4.69, 9.17) is 0 Å². The second kappa shape index (κ2) is 12.0. The van der Waals surface area contributed by atoms with Crippen molar-refractivity contribution in [3.05, 3.63) is 108 Å². The molecule has 0 spiro atoms. The minimum absolute atomic E-state index is 0.0386. The van der Waals surface area contributed by atoms with Crippen LogP contribution in [0.4, 0.5) is 0 Å². The lowest BCUT2D eigenvalue weighted by atomic mass is 9.88. The standard InChI is InChI=1S/C29H34N2O2/c1-4-22(2)30-29(33)23(3)31(21-24-14-8-5-9-15-24)28(32)20-27(25-16-10-6-11-17-25)26-18-12-7-13-19-26/h5-19,22-23,27H,4,20-21H2,1-3H3,(H,30,33)/t22-,23+/m1/s1. The van der Waals surface area contributed by atoms with Crippen molar-refractivity contribution in [1.29, 1.82) is 0 Å². The molecule has 2 atom stereocenters. The van der Waals surface area contributed by atoms with Gasteiger partial charge in [-0.3, -0.25) is 9.59 Å². The molecule has 0 saturated carbocycles. The van der Waals surface area contributed by atoms with Crippen LogP contribution in [0.5, 0.6) is 0 Å². The fourth-order valence-electron chi connectivity index (χ4n) is 3.92. The van der Waals surface area contributed by atoms with Gasteiger partial charge >= 0.3 is 0 Å². The molecule has 4 heteroatoms. The van der Waals surface area contributed by atoms with E-state index >= 15 is 0 Å². The van der Waals surface area contributed by atoms with Gasteiger partial charge in [0.05, 0.1) is 0 Å². The summed E-state index contributed by atoms with van der Waals surface area (Å²) in [6.45, 7) is 6.23. The van der Waals surface area contributed by atoms with Crippen LogP contribution in [-0.4, -0.2) is 28.8 Å². The molecule has 0 aliphatic heterocycles. The minimum atomic E-state index is -0.570. The second-order valence-corrected chi connectivity index (χ2v) is 8.58. The quantitative estimate of drug-likeness (QED) is 0.448. The first-order valence-electron chi connectivity index (χ1n) is 11.7. The van der Waals surface area contributed by atoms with Gasteiger partial charge in [0, 0.05) is 24.9 Å². The molecule has 0 bridgehead atoms. The van der Waals surface area contributed by atoms with Gasteiger partial charge in [0.25, 0.3) is 0 Å². The van der Waals surface area contributed by atoms with Crippen molar-refractivity contribution in [2.45, 2.75) is 58.2 Å². The largest absolute Gasteiger partial charge is 0.352 e. The van der Waals surface area contributed by atoms with E-state index in [0.29, 0.717) is 13.0 Å². The normalized spacial score (nSPS) is 12.7. The fraction of sp³-hybridized carbons (Fsp3) is 0.310. The Hall–Kier alpha value is -3.40. The summed E-state index contributed by atoms with van der Waals surface area (Å²) in [6, 6.07) is 29.6. The Labute approximate surface area is 197 Å². The molecule has 0 radical (unpaired) electrons. The number of rotatable bonds is 10. The molecule has 0 fully saturated rings. The molecule has 172 valence electrons. The van der Waals surface area contributed by atoms with Crippen LogP contribution < -0.4 is 5.32 Å². The van der Waals surface area contributed by atoms with Gasteiger partial charge in [-0.1, -0.05) is 97.9 Å². The maximum absolute atomic E-state index is 13.8. The first-order valence-corrected chi connectivity index (χ1v) is 11.7. The zero-order valence-corrected chi connectivity index (χ0v) is 19.8. The number of amides is 2. The molecular weight excluding hydrogens is 408 g/mol. The highest BCUT2D eigenvalue weighted by molar-refractivity contribution is 5.88. The first-order chi connectivity index (χ1) is 16.0. The van der Waals surface area contributed by atoms with Crippen LogP contribution in [0.3, 0.4) is 0 Å². The van der Waals surface area contributed by atoms with E-state index in [0.717, 1.165) is 23.1 Å². The van der Waals surface area contributed by atoms with Gasteiger partial charge in [-0.05, 0) is 37.0 Å². The number of hydrogen-bond donors (Lipinski definition) is 1. The lowest BCUT2D eigenvalue weighted by Gasteiger charge is -2.31. The summed E-state index contributed by atoms with van der Waals surface area (Å²) in [5.41, 5.74) is 3.19. The van der Waals surface area contributed by atoms with Crippen molar-refractivity contribution in [2.75, 3.05) is 0 Å². The Morgan fingerprint density at radius 2 is 1.27 bits per heavy atom. The lowest BCUT2D eigenvalue weighted by Crippen LogP contribution is -2.49. The summed E-state index contributed by atoms with van der Waals surface area (Å²) in [5.74, 6) is -0.240. The second-order valence-electron chi connectivity index (χ2n) is 8.58. The number of nitrogens with one attached hydrogen (secondary N) is 1. The van der Waals surface area contributed by atoms with Crippen molar-refractivity contribution < 1.29 is 9.59 Å². The van der Waals surface area contributed by atoms with E-state index in [9.17, 15) is 9.59 Å². The van der Waals surface area contributed by atoms with E-state index in [-0.39, 0.29) is 23.8 Å². The molecule has 33 heavy (non-hydrogen) atoms. The number of carbonyl (C=O) groups is 2. The lowest BCUT2D eigenvalue weighted by molar-refractivity contribution is -0.141. The molecule has 3 aromatic carbocycles. The van der Waals surface area contributed by atoms with Crippen molar-refractivity contribution in [3.8, 4) is 0 Å². The predicted molar refractivity (Wildman–Crippen MR) is 134 cm³/mol. The Kier molecular flexibility index (Phi) is 8.82. The third-order valence-electron chi connectivity index (χ3n) is 6.15. The molecule has 0 aromatic heterocycles. The molecule has 0 heterocycles. The molecule has 0 aliphatic rings. The molecule has 3 rings (SSSR count). The Bertz CT molecular complexity index is 966. The van der Waals surface area contributed by atoms with Gasteiger partial charge in [0.1, 0.15) is 6.04 Å². The van der Waals surface area contributed by atoms with Crippen LogP contribution in [-0.2, 0) is 16.1 Å². The van der Waals surface area contributed by atoms with Crippen molar-refractivity contribution in [3.63, 3.8) is 0 Å². The van der Waals surface area contributed by atoms with Crippen molar-refractivity contribution in [2.24, 2.45) is 0 Å². The van der Waals surface area contributed by atoms with E-state index < -0.39 is 6.04 Å². The monoisotopic (exact) mass is 442 g/mol. The average Bonchev–Trinajstić information content (AvgIpc) is 2.86. The molecule has 1 N–H and O–H groups in total. The van der Waals surface area contributed by atoms with Crippen LogP contribution >= 0.6 is 0 Å². The SMILES string of the molecule is CC[C@@H](C)NC(=O)[C@H](C)N(Cc1ccccc1)C(=O)CC(c1ccccc1)c1ccccc1. The van der Waals surface area contributed by atoms with Gasteiger partial charge in [-0.25, -0.2) is 0 Å². The smallest absolute Gasteiger partial charge is 0.242 e. The molecule has 2 amide bonds. The fourth-order valence-corrected chi connectivity index (χ4v) is 3.92. The Morgan fingerprint density at radius 3 is 1.76 bits per heavy atom. The highest BCUT2D eigenvalue weighted by Crippen LogP contribution is 2.29. The highest BCUT2D eigenvalue weighted by Gasteiger charge is 2.29. The van der Waals surface area contributed by atoms with E-state index in [1.54, 1.807) is 4.90 Å². The summed E-state index contributed by atoms with van der Waals surface area (Å²) in [7, 11) is 0. The third kappa shape index (κ3) is 6.79. The van der Waals surface area contributed by atoms with Gasteiger partial charge in [-0.2, -0.15) is 0 Å². The third-order valence-corrected chi connectivity index (χ3v) is 6.15. The van der Waals surface area contributed by atoms with Crippen LogP contribution in [0.2, 0.25) is 0 Å². The first kappa shape index (κ1) is 24.2. The maximum atomic E-state index is 13.8. The molecule has 0 aliphatic carbocycles. The summed E-state index contributed by atoms with van der Waals surface area (Å²) < 4.78 is 0. The van der Waals surface area contributed by atoms with Crippen LogP contribution in [0.15, 0.2) is 91.0 Å². The number of benzene rings is 3. The van der Waals surface area contributed by atoms with Crippen LogP contribution in [0.25, 0.3) is 0 Å². The van der Waals surface area contributed by atoms with Crippen LogP contribution in [0.1, 0.15) is 56.2 Å². The average molecular weight is 443 g/mol. The van der Waals surface area contributed by atoms with Crippen LogP contribution in [0, 0.1) is 0 Å². The van der Waals surface area contributed by atoms with Crippen molar-refractivity contribution in [1.82, 2.24) is 10.2 Å². The molecule has 0 saturated heterocycles. The molecule has 3 aromatic rings. The van der Waals surface area contributed by atoms with Gasteiger partial charge in [0.15, 0.2) is 0 Å². The number of hydrogen-bond acceptors (Lipinski definition) is 2. The molecule has 0 unspecified atom stereocenters. The predicted octanol–water partition coefficient (Wildman–Crippen LogP) is 5.54. The number of nitrogens with zero attached hydrogens (tertiary/aromatic N) is 1. The summed E-state index contributed by atoms with van der Waals surface area (Å²) in [4.78, 5) is 28.4. The Morgan fingerprint density at radius 1 is 0.788 bits per heavy atom. The summed E-state index contributed by atoms with van der Waals surface area (Å²) in [6.07, 6.45) is 1.14. The zero-order valence-electron chi connectivity index (χ0n) is 19.8. The summed E-state index contributed by atoms with van der Waals surface area (Å²) >= 11 is 0. The van der Waals surface area contributed by atoms with Gasteiger partial charge in [-0.15, -0.1) is 0 Å². The van der Waals surface area contributed by atoms with Crippen molar-refractivity contribution >= 4 is 11.8 Å². The maximum Gasteiger partial charge on any atom is 0.242 e. The minimum Gasteiger partial charge on any atom is -0.352 e.